The van der Waals surface area contributed by atoms with Gasteiger partial charge in [-0.2, -0.15) is 0 Å². The van der Waals surface area contributed by atoms with Crippen molar-refractivity contribution in [2.45, 2.75) is 177 Å². The van der Waals surface area contributed by atoms with Crippen molar-refractivity contribution in [1.29, 1.82) is 0 Å². The summed E-state index contributed by atoms with van der Waals surface area (Å²) >= 11 is 1.16. The van der Waals surface area contributed by atoms with Crippen molar-refractivity contribution >= 4 is 96.4 Å². The second kappa shape index (κ2) is 39.0. The topological polar surface area (TPSA) is 201 Å². The molecule has 4 atom stereocenters. The summed E-state index contributed by atoms with van der Waals surface area (Å²) in [5.74, 6) is -4.56. The first-order chi connectivity index (χ1) is 48.3. The van der Waals surface area contributed by atoms with Crippen LogP contribution in [0.5, 0.6) is 0 Å². The Morgan fingerprint density at radius 1 is 0.400 bits per heavy atom. The average Bonchev–Trinajstić information content (AvgIpc) is 1.70. The number of fused-ring (bicyclic) bond motifs is 4. The second-order valence-electron chi connectivity index (χ2n) is 26.8. The van der Waals surface area contributed by atoms with Crippen molar-refractivity contribution < 1.29 is 62.0 Å². The van der Waals surface area contributed by atoms with Gasteiger partial charge in [-0.15, -0.1) is 0 Å². The van der Waals surface area contributed by atoms with E-state index in [1.807, 2.05) is 95.2 Å². The molecular formula is C80H106N6O13S. The Bertz CT molecular complexity index is 3540. The molecular weight excluding hydrogens is 1280 g/mol. The minimum atomic E-state index is -1.11. The number of aromatic nitrogens is 4. The van der Waals surface area contributed by atoms with Gasteiger partial charge in [0.05, 0.1) is 23.7 Å². The predicted molar refractivity (Wildman–Crippen MR) is 395 cm³/mol. The first-order valence-electron chi connectivity index (χ1n) is 36.2. The number of rotatable bonds is 42. The monoisotopic (exact) mass is 1390 g/mol. The SMILES string of the molecule is CCn1cc(CCC(C)C(=O)OCC(COC(=O)C(C)CCc2cn(CC)c3ccccc23)OC(=O)CCCN(CCCC(=O)OC(COC(=O)C(C)CCc2cn(CC)c3ccccc23)COC(=O)C(C)CCc2cn(CC)c3ccccc23)C(=O)SCCCN(C)C)c2ccccc21. The van der Waals surface area contributed by atoms with Crippen LogP contribution in [0.25, 0.3) is 43.6 Å². The molecule has 0 radical (unpaired) electrons. The van der Waals surface area contributed by atoms with Crippen LogP contribution in [-0.2, 0) is 109 Å². The Morgan fingerprint density at radius 2 is 0.680 bits per heavy atom. The molecule has 8 rings (SSSR count). The molecule has 0 aliphatic carbocycles. The Labute approximate surface area is 594 Å². The van der Waals surface area contributed by atoms with Gasteiger partial charge in [-0.3, -0.25) is 33.6 Å². The average molecular weight is 1390 g/mol. The Kier molecular flexibility index (Phi) is 30.2. The first kappa shape index (κ1) is 77.4. The largest absolute Gasteiger partial charge is 0.461 e. The number of hydrogen-bond donors (Lipinski definition) is 0. The normalized spacial score (nSPS) is 13.5. The first-order valence-corrected chi connectivity index (χ1v) is 37.2. The smallest absolute Gasteiger partial charge is 0.308 e. The molecule has 4 aromatic heterocycles. The molecule has 100 heavy (non-hydrogen) atoms. The van der Waals surface area contributed by atoms with Crippen LogP contribution in [0.15, 0.2) is 122 Å². The molecule has 4 aromatic carbocycles. The molecule has 0 aliphatic rings. The molecule has 0 N–H and O–H groups in total. The third kappa shape index (κ3) is 22.1. The van der Waals surface area contributed by atoms with Crippen LogP contribution in [0.1, 0.15) is 135 Å². The van der Waals surface area contributed by atoms with Crippen LogP contribution in [0.3, 0.4) is 0 Å². The summed E-state index contributed by atoms with van der Waals surface area (Å²) < 4.78 is 44.0. The third-order valence-corrected chi connectivity index (χ3v) is 19.9. The molecule has 4 unspecified atom stereocenters. The van der Waals surface area contributed by atoms with Crippen molar-refractivity contribution in [3.8, 4) is 0 Å². The number of carbonyl (C=O) groups is 7. The summed E-state index contributed by atoms with van der Waals surface area (Å²) in [6.45, 7) is 18.6. The maximum absolute atomic E-state index is 14.0. The van der Waals surface area contributed by atoms with E-state index < -0.39 is 71.7 Å². The maximum atomic E-state index is 14.0. The minimum Gasteiger partial charge on any atom is -0.461 e. The number of amides is 1. The van der Waals surface area contributed by atoms with Gasteiger partial charge in [0.25, 0.3) is 5.24 Å². The molecule has 8 aromatic rings. The molecule has 540 valence electrons. The number of thioether (sulfide) groups is 1. The van der Waals surface area contributed by atoms with E-state index in [1.54, 1.807) is 4.90 Å². The fourth-order valence-electron chi connectivity index (χ4n) is 12.8. The molecule has 19 nitrogen and oxygen atoms in total. The maximum Gasteiger partial charge on any atom is 0.308 e. The van der Waals surface area contributed by atoms with Crippen LogP contribution in [0, 0.1) is 23.7 Å². The van der Waals surface area contributed by atoms with Crippen molar-refractivity contribution in [2.24, 2.45) is 23.7 Å². The highest BCUT2D eigenvalue weighted by Crippen LogP contribution is 2.29. The Morgan fingerprint density at radius 3 is 0.950 bits per heavy atom. The Balaban J connectivity index is 0.874. The van der Waals surface area contributed by atoms with Crippen molar-refractivity contribution in [3.05, 3.63) is 144 Å². The van der Waals surface area contributed by atoms with E-state index in [0.29, 0.717) is 57.1 Å². The summed E-state index contributed by atoms with van der Waals surface area (Å²) in [6, 6.07) is 32.8. The van der Waals surface area contributed by atoms with Gasteiger partial charge >= 0.3 is 35.8 Å². The standard InChI is InChI=1S/C80H106N6O13S/c1-11-82-48-60(66-26-15-19-30-70(66)82)40-36-56(5)76(89)94-52-64(53-95-77(90)57(6)37-41-61-49-83(12-2)71-31-20-16-27-67(61)71)98-74(87)34-23-45-86(80(93)100-47-25-44-81(9)10)46-24-35-75(88)99-65(54-96-78(91)58(7)38-42-62-50-84(13-3)72-32-21-17-28-68(62)72)55-97-79(92)59(8)39-43-63-51-85(14-4)73-33-22-18-29-69(63)73/h15-22,26-33,48-51,56-59,64-65H,11-14,23-25,34-47,52-55H2,1-10H3. The van der Waals surface area contributed by atoms with Crippen LogP contribution >= 0.6 is 11.8 Å². The number of hydrogen-bond acceptors (Lipinski definition) is 15. The summed E-state index contributed by atoms with van der Waals surface area (Å²) in [6.07, 6.45) is 11.9. The molecule has 0 spiro atoms. The van der Waals surface area contributed by atoms with E-state index in [9.17, 15) is 33.6 Å². The summed E-state index contributed by atoms with van der Waals surface area (Å²) in [7, 11) is 3.93. The number of carbonyl (C=O) groups excluding carboxylic acids is 7. The van der Waals surface area contributed by atoms with Crippen molar-refractivity contribution in [2.75, 3.05) is 65.9 Å². The lowest BCUT2D eigenvalue weighted by Gasteiger charge is -2.23. The highest BCUT2D eigenvalue weighted by molar-refractivity contribution is 8.13. The lowest BCUT2D eigenvalue weighted by molar-refractivity contribution is -0.169. The van der Waals surface area contributed by atoms with Gasteiger partial charge in [0.1, 0.15) is 26.4 Å². The van der Waals surface area contributed by atoms with Gasteiger partial charge in [-0.25, -0.2) is 0 Å². The van der Waals surface area contributed by atoms with Crippen molar-refractivity contribution in [3.63, 3.8) is 0 Å². The van der Waals surface area contributed by atoms with Gasteiger partial charge < -0.3 is 56.5 Å². The molecule has 1 amide bonds. The molecule has 0 saturated carbocycles. The number of ether oxygens (including phenoxy) is 6. The van der Waals surface area contributed by atoms with Gasteiger partial charge in [0.15, 0.2) is 12.2 Å². The fourth-order valence-corrected chi connectivity index (χ4v) is 13.7. The number of aryl methyl sites for hydroxylation is 8. The van der Waals surface area contributed by atoms with Crippen LogP contribution in [0.2, 0.25) is 0 Å². The molecule has 0 saturated heterocycles. The number of esters is 6. The minimum absolute atomic E-state index is 0.123. The van der Waals surface area contributed by atoms with E-state index in [0.717, 1.165) is 117 Å². The van der Waals surface area contributed by atoms with Gasteiger partial charge in [-0.1, -0.05) is 112 Å². The van der Waals surface area contributed by atoms with E-state index in [2.05, 4.69) is 119 Å². The molecule has 0 aliphatic heterocycles. The van der Waals surface area contributed by atoms with Gasteiger partial charge in [0.2, 0.25) is 0 Å². The van der Waals surface area contributed by atoms with E-state index in [1.165, 1.54) is 0 Å². The zero-order valence-corrected chi connectivity index (χ0v) is 61.4. The summed E-state index contributed by atoms with van der Waals surface area (Å²) in [5.41, 5.74) is 9.08. The highest BCUT2D eigenvalue weighted by Gasteiger charge is 2.28. The third-order valence-electron chi connectivity index (χ3n) is 18.9. The number of benzene rings is 4. The molecule has 4 heterocycles. The summed E-state index contributed by atoms with van der Waals surface area (Å²) in [4.78, 5) is 99.8. The quantitative estimate of drug-likeness (QED) is 0.0198. The van der Waals surface area contributed by atoms with E-state index >= 15 is 0 Å². The lowest BCUT2D eigenvalue weighted by Crippen LogP contribution is -2.34. The van der Waals surface area contributed by atoms with Crippen molar-refractivity contribution in [1.82, 2.24) is 28.1 Å². The van der Waals surface area contributed by atoms with Crippen LogP contribution in [0.4, 0.5) is 4.79 Å². The summed E-state index contributed by atoms with van der Waals surface area (Å²) in [5, 5.41) is 4.34. The zero-order valence-electron chi connectivity index (χ0n) is 60.6. The lowest BCUT2D eigenvalue weighted by atomic mass is 10.0. The fraction of sp³-hybridized carbons (Fsp3) is 0.512. The van der Waals surface area contributed by atoms with Crippen LogP contribution in [-0.4, -0.2) is 147 Å². The predicted octanol–water partition coefficient (Wildman–Crippen LogP) is 14.6. The zero-order chi connectivity index (χ0) is 71.7. The van der Waals surface area contributed by atoms with E-state index in [4.69, 9.17) is 28.4 Å². The number of nitrogens with zero attached hydrogens (tertiary/aromatic N) is 6. The molecule has 0 bridgehead atoms. The van der Waals surface area contributed by atoms with E-state index in [-0.39, 0.29) is 70.4 Å². The molecule has 0 fully saturated rings. The van der Waals surface area contributed by atoms with Gasteiger partial charge in [0, 0.05) is 126 Å². The highest BCUT2D eigenvalue weighted by atomic mass is 32.2. The van der Waals surface area contributed by atoms with Crippen LogP contribution < -0.4 is 0 Å². The Hall–Kier alpha value is -8.36. The number of para-hydroxylation sites is 4. The second-order valence-corrected chi connectivity index (χ2v) is 27.8. The molecule has 20 heteroatoms. The van der Waals surface area contributed by atoms with Gasteiger partial charge in [-0.05, 0) is 165 Å².